The Bertz CT molecular complexity index is 474. The lowest BCUT2D eigenvalue weighted by atomic mass is 10.0. The van der Waals surface area contributed by atoms with Crippen molar-refractivity contribution in [1.82, 2.24) is 15.6 Å². The normalized spacial score (nSPS) is 12.0. The van der Waals surface area contributed by atoms with Gasteiger partial charge < -0.3 is 15.7 Å². The Hall–Kier alpha value is -2.11. The average molecular weight is 279 g/mol. The van der Waals surface area contributed by atoms with Crippen molar-refractivity contribution in [3.8, 4) is 0 Å². The number of hydrogen-bond acceptors (Lipinski definition) is 3. The number of aliphatic carboxylic acids is 1. The molecule has 1 aromatic heterocycles. The molecule has 0 saturated heterocycles. The number of carboxylic acids is 1. The number of aromatic nitrogens is 1. The molecule has 0 radical (unpaired) electrons. The van der Waals surface area contributed by atoms with Crippen LogP contribution in [0.5, 0.6) is 0 Å². The smallest absolute Gasteiger partial charge is 0.326 e. The standard InChI is InChI=1S/C14H21N3O3/c1-9(2)6-12(13(18)19)17-14(20)16-8-11-7-15-5-4-10(11)3/h4-5,7,9,12H,6,8H2,1-3H3,(H,18,19)(H2,16,17,20)/t12-/m1/s1. The molecule has 6 nitrogen and oxygen atoms in total. The summed E-state index contributed by atoms with van der Waals surface area (Å²) in [7, 11) is 0. The van der Waals surface area contributed by atoms with Gasteiger partial charge in [-0.1, -0.05) is 13.8 Å². The summed E-state index contributed by atoms with van der Waals surface area (Å²) in [6.07, 6.45) is 3.76. The molecular weight excluding hydrogens is 258 g/mol. The molecule has 20 heavy (non-hydrogen) atoms. The summed E-state index contributed by atoms with van der Waals surface area (Å²) in [4.78, 5) is 26.8. The highest BCUT2D eigenvalue weighted by Gasteiger charge is 2.20. The molecule has 0 saturated carbocycles. The van der Waals surface area contributed by atoms with Crippen LogP contribution in [0.4, 0.5) is 4.79 Å². The summed E-state index contributed by atoms with van der Waals surface area (Å²) in [5.41, 5.74) is 1.93. The molecule has 1 rings (SSSR count). The van der Waals surface area contributed by atoms with Crippen LogP contribution in [-0.4, -0.2) is 28.1 Å². The van der Waals surface area contributed by atoms with Gasteiger partial charge in [0.2, 0.25) is 0 Å². The molecule has 0 unspecified atom stereocenters. The Labute approximate surface area is 118 Å². The highest BCUT2D eigenvalue weighted by molar-refractivity contribution is 5.82. The maximum Gasteiger partial charge on any atom is 0.326 e. The SMILES string of the molecule is Cc1ccncc1CNC(=O)N[C@H](CC(C)C)C(=O)O. The fraction of sp³-hybridized carbons (Fsp3) is 0.500. The number of carboxylic acid groups (broad SMARTS) is 1. The number of carbonyl (C=O) groups is 2. The van der Waals surface area contributed by atoms with Crippen molar-refractivity contribution in [3.05, 3.63) is 29.6 Å². The fourth-order valence-electron chi connectivity index (χ4n) is 1.76. The molecule has 110 valence electrons. The third kappa shape index (κ3) is 5.26. The number of carbonyl (C=O) groups excluding carboxylic acids is 1. The van der Waals surface area contributed by atoms with E-state index in [4.69, 9.17) is 5.11 Å². The summed E-state index contributed by atoms with van der Waals surface area (Å²) < 4.78 is 0. The van der Waals surface area contributed by atoms with Crippen LogP contribution in [0, 0.1) is 12.8 Å². The van der Waals surface area contributed by atoms with E-state index in [1.54, 1.807) is 12.4 Å². The highest BCUT2D eigenvalue weighted by atomic mass is 16.4. The summed E-state index contributed by atoms with van der Waals surface area (Å²) >= 11 is 0. The minimum Gasteiger partial charge on any atom is -0.480 e. The first-order chi connectivity index (χ1) is 9.40. The van der Waals surface area contributed by atoms with Crippen LogP contribution >= 0.6 is 0 Å². The number of rotatable bonds is 6. The van der Waals surface area contributed by atoms with E-state index in [0.29, 0.717) is 13.0 Å². The molecule has 1 atom stereocenters. The van der Waals surface area contributed by atoms with Gasteiger partial charge in [-0.2, -0.15) is 0 Å². The van der Waals surface area contributed by atoms with Crippen molar-refractivity contribution in [2.24, 2.45) is 5.92 Å². The van der Waals surface area contributed by atoms with Crippen molar-refractivity contribution in [2.45, 2.75) is 39.8 Å². The first-order valence-electron chi connectivity index (χ1n) is 6.56. The molecule has 0 aliphatic carbocycles. The monoisotopic (exact) mass is 279 g/mol. The van der Waals surface area contributed by atoms with Gasteiger partial charge in [0.15, 0.2) is 0 Å². The van der Waals surface area contributed by atoms with Gasteiger partial charge in [0.05, 0.1) is 0 Å². The zero-order valence-corrected chi connectivity index (χ0v) is 12.0. The fourth-order valence-corrected chi connectivity index (χ4v) is 1.76. The summed E-state index contributed by atoms with van der Waals surface area (Å²) in [5.74, 6) is -0.830. The van der Waals surface area contributed by atoms with E-state index < -0.39 is 18.0 Å². The number of hydrogen-bond donors (Lipinski definition) is 3. The van der Waals surface area contributed by atoms with Gasteiger partial charge >= 0.3 is 12.0 Å². The minimum atomic E-state index is -1.02. The molecule has 0 aliphatic heterocycles. The van der Waals surface area contributed by atoms with Crippen LogP contribution in [0.25, 0.3) is 0 Å². The van der Waals surface area contributed by atoms with Gasteiger partial charge in [0.25, 0.3) is 0 Å². The number of nitrogens with zero attached hydrogens (tertiary/aromatic N) is 1. The Balaban J connectivity index is 2.50. The van der Waals surface area contributed by atoms with Crippen LogP contribution in [0.2, 0.25) is 0 Å². The van der Waals surface area contributed by atoms with E-state index in [2.05, 4.69) is 15.6 Å². The van der Waals surface area contributed by atoms with Gasteiger partial charge in [-0.3, -0.25) is 4.98 Å². The molecule has 0 aromatic carbocycles. The van der Waals surface area contributed by atoms with Gasteiger partial charge in [0, 0.05) is 18.9 Å². The largest absolute Gasteiger partial charge is 0.480 e. The molecule has 0 fully saturated rings. The first-order valence-corrected chi connectivity index (χ1v) is 6.56. The molecule has 0 bridgehead atoms. The maximum atomic E-state index is 11.7. The van der Waals surface area contributed by atoms with Crippen molar-refractivity contribution in [1.29, 1.82) is 0 Å². The quantitative estimate of drug-likeness (QED) is 0.739. The maximum absolute atomic E-state index is 11.7. The van der Waals surface area contributed by atoms with Crippen molar-refractivity contribution < 1.29 is 14.7 Å². The summed E-state index contributed by atoms with van der Waals surface area (Å²) in [6, 6.07) is 0.500. The predicted octanol–water partition coefficient (Wildman–Crippen LogP) is 1.69. The molecule has 3 N–H and O–H groups in total. The molecule has 6 heteroatoms. The van der Waals surface area contributed by atoms with E-state index in [1.807, 2.05) is 26.8 Å². The third-order valence-corrected chi connectivity index (χ3v) is 2.90. The van der Waals surface area contributed by atoms with E-state index in [1.165, 1.54) is 0 Å². The Kier molecular flexibility index (Phi) is 5.96. The molecular formula is C14H21N3O3. The lowest BCUT2D eigenvalue weighted by molar-refractivity contribution is -0.139. The topological polar surface area (TPSA) is 91.3 Å². The molecule has 0 aliphatic rings. The van der Waals surface area contributed by atoms with Crippen molar-refractivity contribution in [3.63, 3.8) is 0 Å². The molecule has 0 spiro atoms. The highest BCUT2D eigenvalue weighted by Crippen LogP contribution is 2.06. The van der Waals surface area contributed by atoms with Crippen LogP contribution < -0.4 is 10.6 Å². The van der Waals surface area contributed by atoms with Gasteiger partial charge in [-0.05, 0) is 36.5 Å². The second kappa shape index (κ2) is 7.47. The molecule has 1 heterocycles. The lowest BCUT2D eigenvalue weighted by Gasteiger charge is -2.17. The van der Waals surface area contributed by atoms with Crippen LogP contribution in [0.15, 0.2) is 18.5 Å². The van der Waals surface area contributed by atoms with Gasteiger partial charge in [-0.15, -0.1) is 0 Å². The Morgan fingerprint density at radius 3 is 2.65 bits per heavy atom. The molecule has 2 amide bonds. The van der Waals surface area contributed by atoms with Crippen LogP contribution in [0.1, 0.15) is 31.4 Å². The van der Waals surface area contributed by atoms with Crippen LogP contribution in [0.3, 0.4) is 0 Å². The van der Waals surface area contributed by atoms with E-state index >= 15 is 0 Å². The average Bonchev–Trinajstić information content (AvgIpc) is 2.36. The number of urea groups is 1. The minimum absolute atomic E-state index is 0.192. The third-order valence-electron chi connectivity index (χ3n) is 2.90. The second-order valence-corrected chi connectivity index (χ2v) is 5.15. The van der Waals surface area contributed by atoms with Crippen LogP contribution in [-0.2, 0) is 11.3 Å². The summed E-state index contributed by atoms with van der Waals surface area (Å²) in [5, 5.41) is 14.2. The van der Waals surface area contributed by atoms with E-state index in [-0.39, 0.29) is 5.92 Å². The number of nitrogens with one attached hydrogen (secondary N) is 2. The molecule has 1 aromatic rings. The van der Waals surface area contributed by atoms with E-state index in [9.17, 15) is 9.59 Å². The van der Waals surface area contributed by atoms with Gasteiger partial charge in [0.1, 0.15) is 6.04 Å². The second-order valence-electron chi connectivity index (χ2n) is 5.15. The Morgan fingerprint density at radius 1 is 1.40 bits per heavy atom. The number of amides is 2. The van der Waals surface area contributed by atoms with Crippen molar-refractivity contribution >= 4 is 12.0 Å². The predicted molar refractivity (Wildman–Crippen MR) is 75.2 cm³/mol. The number of aryl methyl sites for hydroxylation is 1. The lowest BCUT2D eigenvalue weighted by Crippen LogP contribution is -2.46. The first kappa shape index (κ1) is 15.9. The summed E-state index contributed by atoms with van der Waals surface area (Å²) in [6.45, 7) is 6.07. The van der Waals surface area contributed by atoms with Gasteiger partial charge in [-0.25, -0.2) is 9.59 Å². The van der Waals surface area contributed by atoms with Crippen molar-refractivity contribution in [2.75, 3.05) is 0 Å². The zero-order valence-electron chi connectivity index (χ0n) is 12.0. The Morgan fingerprint density at radius 2 is 2.10 bits per heavy atom. The zero-order chi connectivity index (χ0) is 15.1. The number of pyridine rings is 1. The van der Waals surface area contributed by atoms with E-state index in [0.717, 1.165) is 11.1 Å².